The van der Waals surface area contributed by atoms with Gasteiger partial charge in [-0.05, 0) is 24.3 Å². The molecule has 0 saturated carbocycles. The van der Waals surface area contributed by atoms with E-state index in [2.05, 4.69) is 15.3 Å². The summed E-state index contributed by atoms with van der Waals surface area (Å²) in [5.41, 5.74) is 0.547. The van der Waals surface area contributed by atoms with Crippen LogP contribution in [0.4, 0.5) is 10.5 Å². The Balaban J connectivity index is 2.06. The third-order valence-electron chi connectivity index (χ3n) is 1.88. The Kier molecular flexibility index (Phi) is 3.56. The number of nitrogens with one attached hydrogen (secondary N) is 1. The van der Waals surface area contributed by atoms with Crippen LogP contribution in [0.5, 0.6) is 0 Å². The van der Waals surface area contributed by atoms with Crippen molar-refractivity contribution < 1.29 is 9.90 Å². The number of aromatic nitrogens is 2. The Morgan fingerprint density at radius 3 is 2.35 bits per heavy atom. The van der Waals surface area contributed by atoms with Crippen LogP contribution in [-0.4, -0.2) is 21.2 Å². The Morgan fingerprint density at radius 1 is 1.12 bits per heavy atom. The molecule has 1 aromatic carbocycles. The fourth-order valence-electron chi connectivity index (χ4n) is 1.20. The van der Waals surface area contributed by atoms with Crippen LogP contribution in [0.3, 0.4) is 0 Å². The van der Waals surface area contributed by atoms with Gasteiger partial charge < -0.3 is 5.11 Å². The summed E-state index contributed by atoms with van der Waals surface area (Å²) in [6, 6.07) is 7.09. The topological polar surface area (TPSA) is 75.1 Å². The van der Waals surface area contributed by atoms with Gasteiger partial charge in [-0.1, -0.05) is 11.8 Å². The highest BCUT2D eigenvalue weighted by Gasteiger charge is 2.00. The molecular weight excluding hydrogens is 238 g/mol. The van der Waals surface area contributed by atoms with Gasteiger partial charge in [0.05, 0.1) is 0 Å². The van der Waals surface area contributed by atoms with Crippen LogP contribution in [-0.2, 0) is 0 Å². The van der Waals surface area contributed by atoms with Crippen molar-refractivity contribution in [2.24, 2.45) is 0 Å². The first-order chi connectivity index (χ1) is 8.24. The molecule has 17 heavy (non-hydrogen) atoms. The normalized spacial score (nSPS) is 9.88. The average Bonchev–Trinajstić information content (AvgIpc) is 2.32. The number of carboxylic acid groups (broad SMARTS) is 1. The Labute approximate surface area is 102 Å². The van der Waals surface area contributed by atoms with Crippen LogP contribution >= 0.6 is 11.8 Å². The third kappa shape index (κ3) is 3.46. The van der Waals surface area contributed by atoms with E-state index < -0.39 is 6.09 Å². The largest absolute Gasteiger partial charge is 0.465 e. The molecule has 0 aliphatic heterocycles. The first-order valence-corrected chi connectivity index (χ1v) is 5.58. The number of anilines is 1. The molecule has 2 N–H and O–H groups in total. The Hall–Kier alpha value is -2.08. The predicted molar refractivity (Wildman–Crippen MR) is 64.2 cm³/mol. The molecule has 5 nitrogen and oxygen atoms in total. The highest BCUT2D eigenvalue weighted by atomic mass is 32.2. The van der Waals surface area contributed by atoms with E-state index >= 15 is 0 Å². The molecule has 0 spiro atoms. The van der Waals surface area contributed by atoms with Crippen molar-refractivity contribution in [3.05, 3.63) is 43.0 Å². The van der Waals surface area contributed by atoms with Crippen molar-refractivity contribution in [2.45, 2.75) is 9.79 Å². The summed E-state index contributed by atoms with van der Waals surface area (Å²) in [7, 11) is 0. The summed E-state index contributed by atoms with van der Waals surface area (Å²) in [6.45, 7) is 0. The fourth-order valence-corrected chi connectivity index (χ4v) is 1.98. The zero-order valence-corrected chi connectivity index (χ0v) is 9.52. The number of carbonyl (C=O) groups is 1. The number of benzene rings is 1. The number of hydrogen-bond donors (Lipinski definition) is 2. The molecule has 0 unspecified atom stereocenters. The van der Waals surface area contributed by atoms with Gasteiger partial charge in [0.25, 0.3) is 0 Å². The summed E-state index contributed by atoms with van der Waals surface area (Å²) in [4.78, 5) is 20.2. The van der Waals surface area contributed by atoms with Crippen molar-refractivity contribution in [3.63, 3.8) is 0 Å². The van der Waals surface area contributed by atoms with E-state index in [-0.39, 0.29) is 0 Å². The maximum absolute atomic E-state index is 10.4. The van der Waals surface area contributed by atoms with E-state index in [4.69, 9.17) is 5.11 Å². The lowest BCUT2D eigenvalue weighted by Crippen LogP contribution is -2.06. The zero-order valence-electron chi connectivity index (χ0n) is 8.70. The van der Waals surface area contributed by atoms with E-state index in [0.29, 0.717) is 5.69 Å². The van der Waals surface area contributed by atoms with E-state index in [9.17, 15) is 4.79 Å². The summed E-state index contributed by atoms with van der Waals surface area (Å²) >= 11 is 1.51. The summed E-state index contributed by atoms with van der Waals surface area (Å²) in [6.07, 6.45) is 3.85. The van der Waals surface area contributed by atoms with Crippen LogP contribution in [0.2, 0.25) is 0 Å². The molecule has 2 rings (SSSR count). The minimum absolute atomic E-state index is 0.547. The molecule has 0 saturated heterocycles. The van der Waals surface area contributed by atoms with Gasteiger partial charge in [0.15, 0.2) is 0 Å². The molecule has 0 atom stereocenters. The van der Waals surface area contributed by atoms with Crippen molar-refractivity contribution in [1.82, 2.24) is 9.97 Å². The molecule has 0 aliphatic rings. The predicted octanol–water partition coefficient (Wildman–Crippen LogP) is 2.72. The van der Waals surface area contributed by atoms with E-state index in [0.717, 1.165) is 9.79 Å². The maximum Gasteiger partial charge on any atom is 0.409 e. The van der Waals surface area contributed by atoms with Crippen LogP contribution in [0.15, 0.2) is 52.8 Å². The quantitative estimate of drug-likeness (QED) is 0.872. The first kappa shape index (κ1) is 11.4. The fraction of sp³-hybridized carbons (Fsp3) is 0. The first-order valence-electron chi connectivity index (χ1n) is 4.77. The Bertz CT molecular complexity index is 502. The average molecular weight is 247 g/mol. The van der Waals surface area contributed by atoms with Gasteiger partial charge in [0.2, 0.25) is 0 Å². The standard InChI is InChI=1S/C11H9N3O2S/c15-11(16)14-8-1-3-9(4-2-8)17-10-5-12-7-13-6-10/h1-7,14H,(H,15,16). The molecule has 0 radical (unpaired) electrons. The van der Waals surface area contributed by atoms with Crippen LogP contribution < -0.4 is 5.32 Å². The molecule has 1 heterocycles. The number of hydrogen-bond acceptors (Lipinski definition) is 4. The molecule has 0 aliphatic carbocycles. The second-order valence-electron chi connectivity index (χ2n) is 3.13. The SMILES string of the molecule is O=C(O)Nc1ccc(Sc2cncnc2)cc1. The smallest absolute Gasteiger partial charge is 0.409 e. The van der Waals surface area contributed by atoms with Gasteiger partial charge in [-0.15, -0.1) is 0 Å². The third-order valence-corrected chi connectivity index (χ3v) is 2.83. The molecular formula is C11H9N3O2S. The zero-order chi connectivity index (χ0) is 12.1. The van der Waals surface area contributed by atoms with Crippen LogP contribution in [0.25, 0.3) is 0 Å². The van der Waals surface area contributed by atoms with Crippen LogP contribution in [0, 0.1) is 0 Å². The van der Waals surface area contributed by atoms with Gasteiger partial charge in [-0.2, -0.15) is 0 Å². The summed E-state index contributed by atoms with van der Waals surface area (Å²) in [5.74, 6) is 0. The maximum atomic E-state index is 10.4. The number of amides is 1. The van der Waals surface area contributed by atoms with E-state index in [1.54, 1.807) is 24.5 Å². The summed E-state index contributed by atoms with van der Waals surface area (Å²) in [5, 5.41) is 10.8. The minimum Gasteiger partial charge on any atom is -0.465 e. The van der Waals surface area contributed by atoms with Gasteiger partial charge in [-0.3, -0.25) is 5.32 Å². The van der Waals surface area contributed by atoms with E-state index in [1.165, 1.54) is 18.1 Å². The second kappa shape index (κ2) is 5.31. The van der Waals surface area contributed by atoms with Crippen molar-refractivity contribution in [2.75, 3.05) is 5.32 Å². The lowest BCUT2D eigenvalue weighted by atomic mass is 10.3. The molecule has 6 heteroatoms. The second-order valence-corrected chi connectivity index (χ2v) is 4.28. The number of rotatable bonds is 3. The highest BCUT2D eigenvalue weighted by molar-refractivity contribution is 7.99. The molecule has 1 amide bonds. The van der Waals surface area contributed by atoms with Crippen molar-refractivity contribution in [1.29, 1.82) is 0 Å². The molecule has 0 fully saturated rings. The van der Waals surface area contributed by atoms with Gasteiger partial charge in [0.1, 0.15) is 6.33 Å². The molecule has 1 aromatic heterocycles. The van der Waals surface area contributed by atoms with Gasteiger partial charge in [-0.25, -0.2) is 14.8 Å². The Morgan fingerprint density at radius 2 is 1.76 bits per heavy atom. The minimum atomic E-state index is -1.07. The molecule has 86 valence electrons. The lowest BCUT2D eigenvalue weighted by molar-refractivity contribution is 0.210. The summed E-state index contributed by atoms with van der Waals surface area (Å²) < 4.78 is 0. The van der Waals surface area contributed by atoms with Crippen molar-refractivity contribution >= 4 is 23.5 Å². The number of nitrogens with zero attached hydrogens (tertiary/aromatic N) is 2. The molecule has 2 aromatic rings. The highest BCUT2D eigenvalue weighted by Crippen LogP contribution is 2.27. The van der Waals surface area contributed by atoms with E-state index in [1.807, 2.05) is 12.1 Å². The lowest BCUT2D eigenvalue weighted by Gasteiger charge is -2.03. The molecule has 0 bridgehead atoms. The van der Waals surface area contributed by atoms with Crippen LogP contribution in [0.1, 0.15) is 0 Å². The van der Waals surface area contributed by atoms with Crippen molar-refractivity contribution in [3.8, 4) is 0 Å². The van der Waals surface area contributed by atoms with Gasteiger partial charge >= 0.3 is 6.09 Å². The van der Waals surface area contributed by atoms with Gasteiger partial charge in [0, 0.05) is 27.9 Å². The monoisotopic (exact) mass is 247 g/mol.